The molecular formula is C16H21NO3. The molecule has 0 bridgehead atoms. The summed E-state index contributed by atoms with van der Waals surface area (Å²) >= 11 is 0. The van der Waals surface area contributed by atoms with E-state index in [2.05, 4.69) is 5.32 Å². The Hall–Kier alpha value is -2.10. The first-order chi connectivity index (χ1) is 9.61. The van der Waals surface area contributed by atoms with Crippen LogP contribution in [-0.2, 0) is 14.3 Å². The highest BCUT2D eigenvalue weighted by molar-refractivity contribution is 5.91. The number of carbonyl (C=O) groups excluding carboxylic acids is 2. The molecule has 0 spiro atoms. The molecule has 1 aromatic rings. The Morgan fingerprint density at radius 3 is 2.60 bits per heavy atom. The lowest BCUT2D eigenvalue weighted by atomic mass is 10.1. The minimum Gasteiger partial charge on any atom is -0.466 e. The molecule has 20 heavy (non-hydrogen) atoms. The Bertz CT molecular complexity index is 463. The Labute approximate surface area is 119 Å². The third kappa shape index (κ3) is 6.73. The quantitative estimate of drug-likeness (QED) is 0.472. The maximum Gasteiger partial charge on any atom is 0.305 e. The zero-order valence-electron chi connectivity index (χ0n) is 12.0. The molecule has 1 aromatic carbocycles. The molecule has 1 N–H and O–H groups in total. The number of carbonyl (C=O) groups is 2. The van der Waals surface area contributed by atoms with Crippen molar-refractivity contribution < 1.29 is 14.3 Å². The molecule has 0 aliphatic rings. The van der Waals surface area contributed by atoms with Gasteiger partial charge in [-0.25, -0.2) is 0 Å². The highest BCUT2D eigenvalue weighted by Gasteiger charge is 2.01. The van der Waals surface area contributed by atoms with Crippen LogP contribution in [-0.4, -0.2) is 25.0 Å². The largest absolute Gasteiger partial charge is 0.466 e. The summed E-state index contributed by atoms with van der Waals surface area (Å²) < 4.78 is 4.80. The van der Waals surface area contributed by atoms with Crippen molar-refractivity contribution in [3.8, 4) is 0 Å². The molecule has 4 heteroatoms. The zero-order valence-corrected chi connectivity index (χ0v) is 12.0. The van der Waals surface area contributed by atoms with E-state index in [0.29, 0.717) is 26.0 Å². The van der Waals surface area contributed by atoms with Crippen molar-refractivity contribution in [1.82, 2.24) is 5.32 Å². The highest BCUT2D eigenvalue weighted by Crippen LogP contribution is 2.04. The molecule has 0 fully saturated rings. The Balaban J connectivity index is 2.23. The molecule has 0 saturated carbocycles. The predicted molar refractivity (Wildman–Crippen MR) is 79.1 cm³/mol. The smallest absolute Gasteiger partial charge is 0.305 e. The van der Waals surface area contributed by atoms with Gasteiger partial charge in [-0.1, -0.05) is 29.8 Å². The van der Waals surface area contributed by atoms with Gasteiger partial charge in [0, 0.05) is 19.0 Å². The second-order valence-corrected chi connectivity index (χ2v) is 4.44. The lowest BCUT2D eigenvalue weighted by Gasteiger charge is -2.02. The number of aryl methyl sites for hydroxylation is 1. The summed E-state index contributed by atoms with van der Waals surface area (Å²) in [6.07, 6.45) is 4.17. The van der Waals surface area contributed by atoms with Crippen LogP contribution in [0, 0.1) is 6.92 Å². The molecule has 0 aliphatic heterocycles. The number of rotatable bonds is 7. The number of ether oxygens (including phenoxy) is 1. The number of esters is 1. The average molecular weight is 275 g/mol. The van der Waals surface area contributed by atoms with Gasteiger partial charge < -0.3 is 10.1 Å². The summed E-state index contributed by atoms with van der Waals surface area (Å²) in [5, 5.41) is 2.73. The fraction of sp³-hybridized carbons (Fsp3) is 0.375. The number of hydrogen-bond acceptors (Lipinski definition) is 3. The van der Waals surface area contributed by atoms with E-state index in [1.54, 1.807) is 13.0 Å². The van der Waals surface area contributed by atoms with Gasteiger partial charge in [0.1, 0.15) is 0 Å². The standard InChI is InChI=1S/C16H21NO3/c1-3-20-16(19)5-4-12-17-15(18)11-10-14-8-6-13(2)7-9-14/h6-11H,3-5,12H2,1-2H3,(H,17,18)/b11-10+. The van der Waals surface area contributed by atoms with Gasteiger partial charge in [0.25, 0.3) is 0 Å². The zero-order chi connectivity index (χ0) is 14.8. The van der Waals surface area contributed by atoms with Crippen LogP contribution in [0.2, 0.25) is 0 Å². The SMILES string of the molecule is CCOC(=O)CCCNC(=O)/C=C/c1ccc(C)cc1. The van der Waals surface area contributed by atoms with E-state index in [1.165, 1.54) is 11.6 Å². The van der Waals surface area contributed by atoms with Gasteiger partial charge in [0.15, 0.2) is 0 Å². The van der Waals surface area contributed by atoms with Gasteiger partial charge in [-0.2, -0.15) is 0 Å². The first kappa shape index (κ1) is 16.0. The van der Waals surface area contributed by atoms with E-state index in [9.17, 15) is 9.59 Å². The summed E-state index contributed by atoms with van der Waals surface area (Å²) in [7, 11) is 0. The minimum absolute atomic E-state index is 0.158. The number of nitrogens with one attached hydrogen (secondary N) is 1. The van der Waals surface area contributed by atoms with E-state index in [4.69, 9.17) is 4.74 Å². The maximum absolute atomic E-state index is 11.5. The Morgan fingerprint density at radius 1 is 1.25 bits per heavy atom. The van der Waals surface area contributed by atoms with Crippen LogP contribution in [0.5, 0.6) is 0 Å². The molecule has 108 valence electrons. The maximum atomic E-state index is 11.5. The topological polar surface area (TPSA) is 55.4 Å². The van der Waals surface area contributed by atoms with Crippen molar-refractivity contribution in [1.29, 1.82) is 0 Å². The summed E-state index contributed by atoms with van der Waals surface area (Å²) in [5.74, 6) is -0.383. The minimum atomic E-state index is -0.225. The summed E-state index contributed by atoms with van der Waals surface area (Å²) in [4.78, 5) is 22.6. The fourth-order valence-corrected chi connectivity index (χ4v) is 1.59. The fourth-order valence-electron chi connectivity index (χ4n) is 1.59. The van der Waals surface area contributed by atoms with Crippen LogP contribution >= 0.6 is 0 Å². The molecule has 0 saturated heterocycles. The van der Waals surface area contributed by atoms with Gasteiger partial charge in [-0.3, -0.25) is 9.59 Å². The number of hydrogen-bond donors (Lipinski definition) is 1. The van der Waals surface area contributed by atoms with Crippen molar-refractivity contribution >= 4 is 18.0 Å². The third-order valence-electron chi connectivity index (χ3n) is 2.67. The van der Waals surface area contributed by atoms with Crippen LogP contribution in [0.15, 0.2) is 30.3 Å². The third-order valence-corrected chi connectivity index (χ3v) is 2.67. The van der Waals surface area contributed by atoms with Crippen molar-refractivity contribution in [2.75, 3.05) is 13.2 Å². The van der Waals surface area contributed by atoms with E-state index in [-0.39, 0.29) is 11.9 Å². The van der Waals surface area contributed by atoms with Crippen molar-refractivity contribution in [2.24, 2.45) is 0 Å². The first-order valence-corrected chi connectivity index (χ1v) is 6.80. The lowest BCUT2D eigenvalue weighted by Crippen LogP contribution is -2.22. The molecule has 0 atom stereocenters. The summed E-state index contributed by atoms with van der Waals surface area (Å²) in [5.41, 5.74) is 2.17. The Morgan fingerprint density at radius 2 is 1.95 bits per heavy atom. The molecule has 1 rings (SSSR count). The molecule has 0 radical (unpaired) electrons. The van der Waals surface area contributed by atoms with Crippen molar-refractivity contribution in [3.05, 3.63) is 41.5 Å². The van der Waals surface area contributed by atoms with Crippen LogP contribution in [0.4, 0.5) is 0 Å². The molecule has 0 aliphatic carbocycles. The predicted octanol–water partition coefficient (Wildman–Crippen LogP) is 2.47. The van der Waals surface area contributed by atoms with Gasteiger partial charge >= 0.3 is 5.97 Å². The highest BCUT2D eigenvalue weighted by atomic mass is 16.5. The van der Waals surface area contributed by atoms with Crippen LogP contribution in [0.3, 0.4) is 0 Å². The van der Waals surface area contributed by atoms with Gasteiger partial charge in [-0.15, -0.1) is 0 Å². The molecule has 0 aromatic heterocycles. The monoisotopic (exact) mass is 275 g/mol. The van der Waals surface area contributed by atoms with Gasteiger partial charge in [0.05, 0.1) is 6.61 Å². The number of benzene rings is 1. The first-order valence-electron chi connectivity index (χ1n) is 6.80. The normalized spacial score (nSPS) is 10.5. The second kappa shape index (κ2) is 8.91. The van der Waals surface area contributed by atoms with Crippen LogP contribution < -0.4 is 5.32 Å². The lowest BCUT2D eigenvalue weighted by molar-refractivity contribution is -0.143. The average Bonchev–Trinajstić information content (AvgIpc) is 2.43. The van der Waals surface area contributed by atoms with Gasteiger partial charge in [-0.05, 0) is 31.9 Å². The molecular weight excluding hydrogens is 254 g/mol. The second-order valence-electron chi connectivity index (χ2n) is 4.44. The Kier molecular flexibility index (Phi) is 7.11. The molecule has 1 amide bonds. The van der Waals surface area contributed by atoms with E-state index >= 15 is 0 Å². The molecule has 4 nitrogen and oxygen atoms in total. The molecule has 0 heterocycles. The van der Waals surface area contributed by atoms with Crippen LogP contribution in [0.25, 0.3) is 6.08 Å². The summed E-state index contributed by atoms with van der Waals surface area (Å²) in [6, 6.07) is 7.91. The summed E-state index contributed by atoms with van der Waals surface area (Å²) in [6.45, 7) is 4.65. The molecule has 0 unspecified atom stereocenters. The van der Waals surface area contributed by atoms with Gasteiger partial charge in [0.2, 0.25) is 5.91 Å². The van der Waals surface area contributed by atoms with Crippen LogP contribution in [0.1, 0.15) is 30.9 Å². The van der Waals surface area contributed by atoms with Crippen molar-refractivity contribution in [3.63, 3.8) is 0 Å². The number of amides is 1. The van der Waals surface area contributed by atoms with E-state index in [0.717, 1.165) is 5.56 Å². The van der Waals surface area contributed by atoms with Crippen molar-refractivity contribution in [2.45, 2.75) is 26.7 Å². The van der Waals surface area contributed by atoms with E-state index in [1.807, 2.05) is 31.2 Å². The van der Waals surface area contributed by atoms with E-state index < -0.39 is 0 Å².